The molecule has 5 rings (SSSR count). The largest absolute Gasteiger partial charge is 0.348 e. The van der Waals surface area contributed by atoms with Gasteiger partial charge in [-0.15, -0.1) is 12.4 Å². The van der Waals surface area contributed by atoms with E-state index in [9.17, 15) is 9.59 Å². The highest BCUT2D eigenvalue weighted by atomic mass is 35.5. The Morgan fingerprint density at radius 3 is 2.79 bits per heavy atom. The molecule has 2 N–H and O–H groups in total. The van der Waals surface area contributed by atoms with Crippen LogP contribution in [0.4, 0.5) is 0 Å². The number of hydrogen-bond acceptors (Lipinski definition) is 3. The fourth-order valence-electron chi connectivity index (χ4n) is 5.14. The Kier molecular flexibility index (Phi) is 5.79. The van der Waals surface area contributed by atoms with Gasteiger partial charge in [0.15, 0.2) is 0 Å². The molecule has 0 unspecified atom stereocenters. The molecule has 1 aromatic heterocycles. The van der Waals surface area contributed by atoms with Gasteiger partial charge in [0.25, 0.3) is 11.5 Å². The van der Waals surface area contributed by atoms with Crippen LogP contribution < -0.4 is 16.2 Å². The van der Waals surface area contributed by atoms with Gasteiger partial charge in [0.1, 0.15) is 5.56 Å². The summed E-state index contributed by atoms with van der Waals surface area (Å²) in [5.74, 6) is 0.595. The zero-order valence-corrected chi connectivity index (χ0v) is 17.4. The number of nitrogens with one attached hydrogen (secondary N) is 2. The fraction of sp³-hybridized carbons (Fsp3) is 0.478. The number of hydrogen-bond donors (Lipinski definition) is 2. The zero-order chi connectivity index (χ0) is 19.1. The van der Waals surface area contributed by atoms with Gasteiger partial charge in [0, 0.05) is 31.2 Å². The number of benzene rings is 1. The molecule has 2 aliphatic heterocycles. The number of carbonyl (C=O) groups is 1. The number of nitrogens with zero attached hydrogens (tertiary/aromatic N) is 1. The molecule has 0 spiro atoms. The molecule has 3 aliphatic rings. The normalized spacial score (nSPS) is 22.1. The number of rotatable bonds is 3. The molecule has 5 nitrogen and oxygen atoms in total. The van der Waals surface area contributed by atoms with Crippen LogP contribution in [0.2, 0.25) is 0 Å². The number of halogens is 1. The van der Waals surface area contributed by atoms with E-state index in [1.807, 2.05) is 10.6 Å². The molecule has 1 aliphatic carbocycles. The van der Waals surface area contributed by atoms with Gasteiger partial charge >= 0.3 is 0 Å². The van der Waals surface area contributed by atoms with Crippen LogP contribution in [-0.4, -0.2) is 23.6 Å². The first-order valence-electron chi connectivity index (χ1n) is 10.5. The second-order valence-electron chi connectivity index (χ2n) is 8.54. The van der Waals surface area contributed by atoms with Crippen LogP contribution in [0, 0.1) is 5.92 Å². The molecule has 6 heteroatoms. The molecule has 2 bridgehead atoms. The summed E-state index contributed by atoms with van der Waals surface area (Å²) < 4.78 is 1.84. The monoisotopic (exact) mass is 413 g/mol. The van der Waals surface area contributed by atoms with Crippen LogP contribution in [0.15, 0.2) is 35.1 Å². The Bertz CT molecular complexity index is 985. The number of piperidine rings is 1. The highest BCUT2D eigenvalue weighted by Crippen LogP contribution is 2.31. The third kappa shape index (κ3) is 3.86. The minimum atomic E-state index is -0.271. The van der Waals surface area contributed by atoms with Crippen molar-refractivity contribution in [2.75, 3.05) is 13.1 Å². The van der Waals surface area contributed by atoms with E-state index in [1.165, 1.54) is 24.0 Å². The van der Waals surface area contributed by atoms with Crippen molar-refractivity contribution < 1.29 is 4.79 Å². The summed E-state index contributed by atoms with van der Waals surface area (Å²) in [6.07, 6.45) is 5.93. The lowest BCUT2D eigenvalue weighted by Crippen LogP contribution is -2.46. The Morgan fingerprint density at radius 2 is 1.93 bits per heavy atom. The molecule has 1 saturated heterocycles. The molecule has 1 fully saturated rings. The average molecular weight is 414 g/mol. The molecule has 0 saturated carbocycles. The average Bonchev–Trinajstić information content (AvgIpc) is 2.73. The Labute approximate surface area is 177 Å². The van der Waals surface area contributed by atoms with Crippen LogP contribution in [0.25, 0.3) is 0 Å². The maximum atomic E-state index is 13.0. The number of carbonyl (C=O) groups excluding carboxylic acids is 1. The number of amides is 1. The SMILES string of the molecule is Cl.O=C(NCc1ccc2c(c1)CCCC2)c1ccc2n(c1=O)C[C@@H]1CNC[C@H]2C1. The molecule has 0 radical (unpaired) electrons. The van der Waals surface area contributed by atoms with E-state index in [2.05, 4.69) is 28.8 Å². The van der Waals surface area contributed by atoms with E-state index in [0.29, 0.717) is 24.9 Å². The van der Waals surface area contributed by atoms with Crippen molar-refractivity contribution >= 4 is 18.3 Å². The predicted molar refractivity (Wildman–Crippen MR) is 116 cm³/mol. The zero-order valence-electron chi connectivity index (χ0n) is 16.6. The van der Waals surface area contributed by atoms with Gasteiger partial charge in [-0.05, 0) is 73.4 Å². The molecule has 154 valence electrons. The Hall–Kier alpha value is -2.11. The van der Waals surface area contributed by atoms with Crippen molar-refractivity contribution in [2.24, 2.45) is 5.92 Å². The number of aromatic nitrogens is 1. The number of fused-ring (bicyclic) bond motifs is 5. The minimum Gasteiger partial charge on any atom is -0.348 e. The summed E-state index contributed by atoms with van der Waals surface area (Å²) in [6, 6.07) is 10.2. The summed E-state index contributed by atoms with van der Waals surface area (Å²) in [5.41, 5.74) is 5.14. The first kappa shape index (κ1) is 20.2. The van der Waals surface area contributed by atoms with E-state index in [4.69, 9.17) is 0 Å². The van der Waals surface area contributed by atoms with Gasteiger partial charge in [-0.2, -0.15) is 0 Å². The van der Waals surface area contributed by atoms with E-state index in [-0.39, 0.29) is 29.4 Å². The summed E-state index contributed by atoms with van der Waals surface area (Å²) in [4.78, 5) is 25.7. The molecule has 29 heavy (non-hydrogen) atoms. The summed E-state index contributed by atoms with van der Waals surface area (Å²) in [7, 11) is 0. The van der Waals surface area contributed by atoms with Crippen LogP contribution in [-0.2, 0) is 25.9 Å². The Morgan fingerprint density at radius 1 is 1.10 bits per heavy atom. The van der Waals surface area contributed by atoms with Crippen molar-refractivity contribution in [1.82, 2.24) is 15.2 Å². The quantitative estimate of drug-likeness (QED) is 0.813. The van der Waals surface area contributed by atoms with Gasteiger partial charge in [-0.25, -0.2) is 0 Å². The standard InChI is InChI=1S/C23H27N3O2.ClH/c27-22(25-12-15-5-6-17-3-1-2-4-18(17)9-15)20-7-8-21-19-10-16(11-24-13-19)14-26(21)23(20)28;/h5-9,16,19,24H,1-4,10-14H2,(H,25,27);1H/t16-,19+;/m0./s1. The lowest BCUT2D eigenvalue weighted by molar-refractivity contribution is 0.0948. The lowest BCUT2D eigenvalue weighted by Gasteiger charge is -2.37. The third-order valence-electron chi connectivity index (χ3n) is 6.62. The minimum absolute atomic E-state index is 0. The van der Waals surface area contributed by atoms with E-state index in [0.717, 1.165) is 43.6 Å². The van der Waals surface area contributed by atoms with Gasteiger partial charge in [0.05, 0.1) is 0 Å². The van der Waals surface area contributed by atoms with E-state index in [1.54, 1.807) is 6.07 Å². The molecule has 1 amide bonds. The highest BCUT2D eigenvalue weighted by Gasteiger charge is 2.31. The van der Waals surface area contributed by atoms with Crippen LogP contribution in [0.3, 0.4) is 0 Å². The van der Waals surface area contributed by atoms with E-state index < -0.39 is 0 Å². The second-order valence-corrected chi connectivity index (χ2v) is 8.54. The van der Waals surface area contributed by atoms with Crippen LogP contribution in [0.5, 0.6) is 0 Å². The van der Waals surface area contributed by atoms with Crippen LogP contribution >= 0.6 is 12.4 Å². The second kappa shape index (κ2) is 8.33. The van der Waals surface area contributed by atoms with Crippen molar-refractivity contribution in [1.29, 1.82) is 0 Å². The van der Waals surface area contributed by atoms with Gasteiger partial charge in [-0.3, -0.25) is 9.59 Å². The van der Waals surface area contributed by atoms with Crippen molar-refractivity contribution in [3.63, 3.8) is 0 Å². The summed E-state index contributed by atoms with van der Waals surface area (Å²) in [6.45, 7) is 3.04. The molecule has 1 aromatic carbocycles. The fourth-order valence-corrected chi connectivity index (χ4v) is 5.14. The number of aryl methyl sites for hydroxylation is 2. The van der Waals surface area contributed by atoms with Crippen molar-refractivity contribution in [3.05, 3.63) is 68.6 Å². The van der Waals surface area contributed by atoms with E-state index >= 15 is 0 Å². The van der Waals surface area contributed by atoms with Gasteiger partial charge in [0.2, 0.25) is 0 Å². The molecular weight excluding hydrogens is 386 g/mol. The smallest absolute Gasteiger partial charge is 0.263 e. The Balaban J connectivity index is 0.00000205. The summed E-state index contributed by atoms with van der Waals surface area (Å²) in [5, 5.41) is 6.41. The lowest BCUT2D eigenvalue weighted by atomic mass is 9.84. The highest BCUT2D eigenvalue weighted by molar-refractivity contribution is 5.93. The van der Waals surface area contributed by atoms with Crippen molar-refractivity contribution in [2.45, 2.75) is 51.1 Å². The maximum absolute atomic E-state index is 13.0. The molecule has 3 heterocycles. The topological polar surface area (TPSA) is 63.1 Å². The van der Waals surface area contributed by atoms with Crippen LogP contribution in [0.1, 0.15) is 57.9 Å². The molecule has 2 atom stereocenters. The van der Waals surface area contributed by atoms with Gasteiger partial charge in [-0.1, -0.05) is 18.2 Å². The first-order valence-corrected chi connectivity index (χ1v) is 10.5. The molecular formula is C23H28ClN3O2. The number of pyridine rings is 1. The van der Waals surface area contributed by atoms with Crippen molar-refractivity contribution in [3.8, 4) is 0 Å². The molecule has 2 aromatic rings. The maximum Gasteiger partial charge on any atom is 0.263 e. The van der Waals surface area contributed by atoms with Gasteiger partial charge < -0.3 is 15.2 Å². The predicted octanol–water partition coefficient (Wildman–Crippen LogP) is 2.79. The first-order chi connectivity index (χ1) is 13.7. The summed E-state index contributed by atoms with van der Waals surface area (Å²) >= 11 is 0. The third-order valence-corrected chi connectivity index (χ3v) is 6.62.